The summed E-state index contributed by atoms with van der Waals surface area (Å²) in [7, 11) is -0.642. The lowest BCUT2D eigenvalue weighted by molar-refractivity contribution is 0.195. The van der Waals surface area contributed by atoms with Crippen molar-refractivity contribution in [2.75, 3.05) is 65.0 Å². The molecule has 0 radical (unpaired) electrons. The molecule has 0 aromatic carbocycles. The van der Waals surface area contributed by atoms with Crippen LogP contribution in [0.25, 0.3) is 0 Å². The molecule has 2 aromatic rings. The summed E-state index contributed by atoms with van der Waals surface area (Å²) in [6.45, 7) is 6.91. The van der Waals surface area contributed by atoms with Gasteiger partial charge in [0.25, 0.3) is 11.8 Å². The molecule has 3 rings (SSSR count). The molecule has 0 unspecified atom stereocenters. The molecular weight excluding hydrogens is 467 g/mol. The first-order valence-corrected chi connectivity index (χ1v) is 12.3. The lowest BCUT2D eigenvalue weighted by Gasteiger charge is -2.35. The zero-order valence-corrected chi connectivity index (χ0v) is 20.5. The van der Waals surface area contributed by atoms with Gasteiger partial charge in [-0.15, -0.1) is 0 Å². The van der Waals surface area contributed by atoms with Crippen LogP contribution in [0.2, 0.25) is 0 Å². The highest BCUT2D eigenvalue weighted by Gasteiger charge is 2.23. The van der Waals surface area contributed by atoms with Crippen LogP contribution < -0.4 is 24.4 Å². The zero-order valence-electron chi connectivity index (χ0n) is 19.6. The first kappa shape index (κ1) is 27.7. The van der Waals surface area contributed by atoms with Crippen LogP contribution in [0.5, 0.6) is 17.5 Å². The molecule has 4 N–H and O–H groups in total. The van der Waals surface area contributed by atoms with E-state index < -0.39 is 7.82 Å². The maximum atomic E-state index is 8.88. The van der Waals surface area contributed by atoms with E-state index in [4.69, 9.17) is 33.5 Å². The van der Waals surface area contributed by atoms with Gasteiger partial charge in [-0.3, -0.25) is 0 Å². The van der Waals surface area contributed by atoms with E-state index in [0.29, 0.717) is 43.4 Å². The van der Waals surface area contributed by atoms with Crippen molar-refractivity contribution in [2.45, 2.75) is 13.0 Å². The van der Waals surface area contributed by atoms with Crippen LogP contribution in [0.1, 0.15) is 6.92 Å². The van der Waals surface area contributed by atoms with Crippen LogP contribution in [0.15, 0.2) is 30.7 Å². The minimum atomic E-state index is -4.64. The molecule has 0 aliphatic carbocycles. The molecule has 34 heavy (non-hydrogen) atoms. The van der Waals surface area contributed by atoms with E-state index in [1.807, 2.05) is 26.2 Å². The topological polar surface area (TPSA) is 163 Å². The number of hydrogen-bond acceptors (Lipinski definition) is 10. The zero-order chi connectivity index (χ0) is 25.0. The molecule has 1 fully saturated rings. The van der Waals surface area contributed by atoms with Crippen molar-refractivity contribution < 1.29 is 33.5 Å². The second kappa shape index (κ2) is 14.0. The molecule has 2 aromatic heterocycles. The number of phosphoric acid groups is 1. The molecular formula is C20H33N6O7P. The van der Waals surface area contributed by atoms with E-state index in [1.165, 1.54) is 0 Å². The fraction of sp³-hybridized carbons (Fsp3) is 0.550. The van der Waals surface area contributed by atoms with Gasteiger partial charge in [-0.25, -0.2) is 19.5 Å². The number of aromatic nitrogens is 3. The van der Waals surface area contributed by atoms with Gasteiger partial charge in [-0.1, -0.05) is 0 Å². The minimum Gasteiger partial charge on any atom is -0.484 e. The van der Waals surface area contributed by atoms with Crippen LogP contribution >= 0.6 is 7.82 Å². The van der Waals surface area contributed by atoms with Crippen molar-refractivity contribution in [3.63, 3.8) is 0 Å². The molecule has 1 aliphatic rings. The number of nitrogens with one attached hydrogen (secondary N) is 1. The van der Waals surface area contributed by atoms with Crippen molar-refractivity contribution in [3.05, 3.63) is 30.7 Å². The number of pyridine rings is 1. The summed E-state index contributed by atoms with van der Waals surface area (Å²) in [4.78, 5) is 38.9. The second-order valence-electron chi connectivity index (χ2n) is 7.60. The van der Waals surface area contributed by atoms with Gasteiger partial charge in [0.05, 0.1) is 0 Å². The fourth-order valence-electron chi connectivity index (χ4n) is 2.98. The SMILES string of the molecule is C[C@@H]1CNCCN1c1nccnc1OCCOc1cccnc1OCCN(C)C.O=P(O)(O)O. The summed E-state index contributed by atoms with van der Waals surface area (Å²) in [6, 6.07) is 3.99. The Hall–Kier alpha value is -2.54. The van der Waals surface area contributed by atoms with E-state index >= 15 is 0 Å². The van der Waals surface area contributed by atoms with Gasteiger partial charge in [0.1, 0.15) is 19.8 Å². The number of ether oxygens (including phenoxy) is 3. The summed E-state index contributed by atoms with van der Waals surface area (Å²) in [5.74, 6) is 2.39. The standard InChI is InChI=1S/C20H30N6O3.H3O4P/c1-16-15-21-9-10-26(16)18-20(24-8-7-22-18)29-14-13-27-17-5-4-6-23-19(17)28-12-11-25(2)3;1-5(2,3)4/h4-8,16,21H,9-15H2,1-3H3;(H3,1,2,3,4)/t16-;/m1./s1. The average molecular weight is 500 g/mol. The number of nitrogens with zero attached hydrogens (tertiary/aromatic N) is 5. The molecule has 1 saturated heterocycles. The molecule has 14 heteroatoms. The van der Waals surface area contributed by atoms with Crippen LogP contribution in [-0.2, 0) is 4.57 Å². The van der Waals surface area contributed by atoms with Crippen molar-refractivity contribution in [1.82, 2.24) is 25.2 Å². The predicted octanol–water partition coefficient (Wildman–Crippen LogP) is 0.139. The number of anilines is 1. The lowest BCUT2D eigenvalue weighted by atomic mass is 10.2. The van der Waals surface area contributed by atoms with Gasteiger partial charge in [0.2, 0.25) is 0 Å². The van der Waals surface area contributed by atoms with Crippen LogP contribution in [0, 0.1) is 0 Å². The summed E-state index contributed by atoms with van der Waals surface area (Å²) in [5, 5.41) is 3.38. The minimum absolute atomic E-state index is 0.330. The van der Waals surface area contributed by atoms with E-state index in [-0.39, 0.29) is 0 Å². The highest BCUT2D eigenvalue weighted by Crippen LogP contribution is 2.26. The van der Waals surface area contributed by atoms with Gasteiger partial charge in [-0.05, 0) is 33.2 Å². The molecule has 1 aliphatic heterocycles. The summed E-state index contributed by atoms with van der Waals surface area (Å²) in [6.07, 6.45) is 5.03. The smallest absolute Gasteiger partial charge is 0.466 e. The van der Waals surface area contributed by atoms with Crippen molar-refractivity contribution in [2.24, 2.45) is 0 Å². The van der Waals surface area contributed by atoms with Gasteiger partial charge in [-0.2, -0.15) is 0 Å². The fourth-order valence-corrected chi connectivity index (χ4v) is 2.98. The largest absolute Gasteiger partial charge is 0.484 e. The molecule has 0 saturated carbocycles. The van der Waals surface area contributed by atoms with Crippen molar-refractivity contribution >= 4 is 13.6 Å². The van der Waals surface area contributed by atoms with Gasteiger partial charge in [0.15, 0.2) is 11.6 Å². The third-order valence-corrected chi connectivity index (χ3v) is 4.51. The van der Waals surface area contributed by atoms with E-state index in [0.717, 1.165) is 32.0 Å². The summed E-state index contributed by atoms with van der Waals surface area (Å²) in [5.41, 5.74) is 0. The highest BCUT2D eigenvalue weighted by atomic mass is 31.2. The molecule has 1 atom stereocenters. The molecule has 0 amide bonds. The number of piperazine rings is 1. The Balaban J connectivity index is 0.000000739. The third kappa shape index (κ3) is 10.6. The molecule has 3 heterocycles. The van der Waals surface area contributed by atoms with Crippen molar-refractivity contribution in [1.29, 1.82) is 0 Å². The number of likely N-dealkylation sites (N-methyl/N-ethyl adjacent to an activating group) is 1. The first-order valence-electron chi connectivity index (χ1n) is 10.7. The van der Waals surface area contributed by atoms with Gasteiger partial charge in [0, 0.05) is 50.8 Å². The van der Waals surface area contributed by atoms with Crippen LogP contribution in [-0.4, -0.2) is 101 Å². The Bertz CT molecular complexity index is 908. The Labute approximate surface area is 199 Å². The Morgan fingerprint density at radius 2 is 1.71 bits per heavy atom. The quantitative estimate of drug-likeness (QED) is 0.258. The van der Waals surface area contributed by atoms with E-state index in [1.54, 1.807) is 18.6 Å². The van der Waals surface area contributed by atoms with Crippen LogP contribution in [0.4, 0.5) is 5.82 Å². The Morgan fingerprint density at radius 3 is 2.41 bits per heavy atom. The first-order chi connectivity index (χ1) is 16.1. The summed E-state index contributed by atoms with van der Waals surface area (Å²) < 4.78 is 26.3. The van der Waals surface area contributed by atoms with Crippen LogP contribution in [0.3, 0.4) is 0 Å². The second-order valence-corrected chi connectivity index (χ2v) is 8.63. The average Bonchev–Trinajstić information content (AvgIpc) is 2.77. The Morgan fingerprint density at radius 1 is 1.06 bits per heavy atom. The van der Waals surface area contributed by atoms with Gasteiger partial charge >= 0.3 is 7.82 Å². The Kier molecular flexibility index (Phi) is 11.4. The van der Waals surface area contributed by atoms with E-state index in [2.05, 4.69) is 37.0 Å². The normalized spacial score (nSPS) is 16.0. The molecule has 0 bridgehead atoms. The maximum absolute atomic E-state index is 8.88. The monoisotopic (exact) mass is 500 g/mol. The van der Waals surface area contributed by atoms with Gasteiger partial charge < -0.3 is 44.0 Å². The molecule has 13 nitrogen and oxygen atoms in total. The predicted molar refractivity (Wildman–Crippen MR) is 125 cm³/mol. The summed E-state index contributed by atoms with van der Waals surface area (Å²) >= 11 is 0. The van der Waals surface area contributed by atoms with Crippen molar-refractivity contribution in [3.8, 4) is 17.5 Å². The highest BCUT2D eigenvalue weighted by molar-refractivity contribution is 7.45. The number of hydrogen-bond donors (Lipinski definition) is 4. The third-order valence-electron chi connectivity index (χ3n) is 4.51. The molecule has 190 valence electrons. The number of rotatable bonds is 10. The molecule has 0 spiro atoms. The lowest BCUT2D eigenvalue weighted by Crippen LogP contribution is -2.50. The maximum Gasteiger partial charge on any atom is 0.466 e. The van der Waals surface area contributed by atoms with E-state index in [9.17, 15) is 0 Å².